The Bertz CT molecular complexity index is 1150. The fourth-order valence-corrected chi connectivity index (χ4v) is 4.73. The summed E-state index contributed by atoms with van der Waals surface area (Å²) >= 11 is 1.56. The molecule has 5 rings (SSSR count). The van der Waals surface area contributed by atoms with Gasteiger partial charge in [-0.15, -0.1) is 0 Å². The fourth-order valence-electron chi connectivity index (χ4n) is 4.11. The van der Waals surface area contributed by atoms with Crippen molar-refractivity contribution < 1.29 is 4.79 Å². The van der Waals surface area contributed by atoms with Gasteiger partial charge in [-0.2, -0.15) is 11.3 Å². The van der Waals surface area contributed by atoms with E-state index in [-0.39, 0.29) is 11.8 Å². The lowest BCUT2D eigenvalue weighted by molar-refractivity contribution is 0.0713. The maximum atomic E-state index is 12.7. The van der Waals surface area contributed by atoms with Crippen LogP contribution >= 0.6 is 11.3 Å². The molecule has 0 radical (unpaired) electrons. The first-order valence-corrected chi connectivity index (χ1v) is 11.4. The standard InChI is InChI=1S/C25H22N4OS/c30-25(21-10-14-31-17-21)29-12-8-19(9-13-29)23-22(18-5-2-1-3-6-18)16-27-24(28-23)20-7-4-11-26-15-20/h1-7,10-11,14-17,19H,8-9,12-13H2. The van der Waals surface area contributed by atoms with Gasteiger partial charge in [-0.1, -0.05) is 30.3 Å². The van der Waals surface area contributed by atoms with Crippen molar-refractivity contribution in [2.24, 2.45) is 0 Å². The first kappa shape index (κ1) is 19.6. The number of thiophene rings is 1. The Balaban J connectivity index is 1.45. The van der Waals surface area contributed by atoms with Crippen LogP contribution in [0.25, 0.3) is 22.5 Å². The number of benzene rings is 1. The SMILES string of the molecule is O=C(c1ccsc1)N1CCC(c2nc(-c3cccnc3)ncc2-c2ccccc2)CC1. The van der Waals surface area contributed by atoms with Crippen molar-refractivity contribution in [1.82, 2.24) is 19.9 Å². The maximum Gasteiger partial charge on any atom is 0.254 e. The zero-order valence-electron chi connectivity index (χ0n) is 17.0. The van der Waals surface area contributed by atoms with Crippen molar-refractivity contribution in [3.8, 4) is 22.5 Å². The number of rotatable bonds is 4. The van der Waals surface area contributed by atoms with Crippen LogP contribution in [0.2, 0.25) is 0 Å². The van der Waals surface area contributed by atoms with Crippen molar-refractivity contribution in [3.63, 3.8) is 0 Å². The second kappa shape index (κ2) is 8.78. The third kappa shape index (κ3) is 4.11. The van der Waals surface area contributed by atoms with Crippen molar-refractivity contribution in [1.29, 1.82) is 0 Å². The molecule has 0 atom stereocenters. The fraction of sp³-hybridized carbons (Fsp3) is 0.200. The molecule has 154 valence electrons. The topological polar surface area (TPSA) is 59.0 Å². The molecule has 3 aromatic heterocycles. The molecule has 4 aromatic rings. The Labute approximate surface area is 185 Å². The van der Waals surface area contributed by atoms with Gasteiger partial charge in [0.15, 0.2) is 5.82 Å². The molecule has 1 fully saturated rings. The van der Waals surface area contributed by atoms with Gasteiger partial charge < -0.3 is 4.90 Å². The summed E-state index contributed by atoms with van der Waals surface area (Å²) in [6, 6.07) is 16.1. The van der Waals surface area contributed by atoms with Crippen LogP contribution in [0.1, 0.15) is 34.8 Å². The van der Waals surface area contributed by atoms with Gasteiger partial charge in [-0.05, 0) is 42.0 Å². The molecule has 1 aromatic carbocycles. The summed E-state index contributed by atoms with van der Waals surface area (Å²) in [5.74, 6) is 1.10. The van der Waals surface area contributed by atoms with E-state index in [1.54, 1.807) is 23.7 Å². The molecule has 4 heterocycles. The number of hydrogen-bond acceptors (Lipinski definition) is 5. The number of hydrogen-bond donors (Lipinski definition) is 0. The van der Waals surface area contributed by atoms with Crippen LogP contribution in [-0.2, 0) is 0 Å². The largest absolute Gasteiger partial charge is 0.339 e. The molecule has 5 nitrogen and oxygen atoms in total. The molecule has 6 heteroatoms. The lowest BCUT2D eigenvalue weighted by atomic mass is 9.88. The molecule has 1 saturated heterocycles. The normalized spacial score (nSPS) is 14.5. The number of likely N-dealkylation sites (tertiary alicyclic amines) is 1. The van der Waals surface area contributed by atoms with Crippen molar-refractivity contribution in [2.45, 2.75) is 18.8 Å². The van der Waals surface area contributed by atoms with Crippen LogP contribution in [0.15, 0.2) is 77.9 Å². The molecular weight excluding hydrogens is 404 g/mol. The highest BCUT2D eigenvalue weighted by atomic mass is 32.1. The minimum atomic E-state index is 0.127. The summed E-state index contributed by atoms with van der Waals surface area (Å²) in [6.45, 7) is 1.47. The average Bonchev–Trinajstić information content (AvgIpc) is 3.40. The quantitative estimate of drug-likeness (QED) is 0.445. The zero-order valence-corrected chi connectivity index (χ0v) is 17.8. The van der Waals surface area contributed by atoms with Gasteiger partial charge in [0.1, 0.15) is 0 Å². The summed E-state index contributed by atoms with van der Waals surface area (Å²) in [5.41, 5.74) is 4.94. The third-order valence-electron chi connectivity index (χ3n) is 5.76. The molecule has 1 aliphatic heterocycles. The Morgan fingerprint density at radius 1 is 0.968 bits per heavy atom. The van der Waals surface area contributed by atoms with Crippen LogP contribution < -0.4 is 0 Å². The number of carbonyl (C=O) groups excluding carboxylic acids is 1. The van der Waals surface area contributed by atoms with Crippen molar-refractivity contribution in [3.05, 3.63) is 89.1 Å². The van der Waals surface area contributed by atoms with Gasteiger partial charge in [0.05, 0.1) is 11.3 Å². The average molecular weight is 427 g/mol. The molecule has 0 N–H and O–H groups in total. The van der Waals surface area contributed by atoms with Gasteiger partial charge in [0, 0.05) is 54.1 Å². The Morgan fingerprint density at radius 2 is 1.77 bits per heavy atom. The highest BCUT2D eigenvalue weighted by molar-refractivity contribution is 7.08. The number of nitrogens with zero attached hydrogens (tertiary/aromatic N) is 4. The summed E-state index contributed by atoms with van der Waals surface area (Å²) in [7, 11) is 0. The van der Waals surface area contributed by atoms with E-state index < -0.39 is 0 Å². The Morgan fingerprint density at radius 3 is 2.48 bits per heavy atom. The predicted octanol–water partition coefficient (Wildman–Crippen LogP) is 5.29. The molecule has 1 amide bonds. The number of carbonyl (C=O) groups is 1. The monoisotopic (exact) mass is 426 g/mol. The van der Waals surface area contributed by atoms with Crippen molar-refractivity contribution in [2.75, 3.05) is 13.1 Å². The molecule has 1 aliphatic rings. The lowest BCUT2D eigenvalue weighted by Gasteiger charge is -2.32. The van der Waals surface area contributed by atoms with Gasteiger partial charge in [0.2, 0.25) is 0 Å². The van der Waals surface area contributed by atoms with Gasteiger partial charge in [-0.25, -0.2) is 9.97 Å². The molecule has 0 bridgehead atoms. The van der Waals surface area contributed by atoms with Crippen molar-refractivity contribution >= 4 is 17.2 Å². The third-order valence-corrected chi connectivity index (χ3v) is 6.44. The molecule has 31 heavy (non-hydrogen) atoms. The van der Waals surface area contributed by atoms with E-state index in [1.165, 1.54) is 0 Å². The Hall–Kier alpha value is -3.38. The van der Waals surface area contributed by atoms with E-state index in [4.69, 9.17) is 4.98 Å². The molecule has 0 aliphatic carbocycles. The van der Waals surface area contributed by atoms with Crippen LogP contribution in [-0.4, -0.2) is 38.8 Å². The molecule has 0 spiro atoms. The predicted molar refractivity (Wildman–Crippen MR) is 123 cm³/mol. The van der Waals surface area contributed by atoms with Gasteiger partial charge >= 0.3 is 0 Å². The summed E-state index contributed by atoms with van der Waals surface area (Å²) in [4.78, 5) is 28.6. The van der Waals surface area contributed by atoms with E-state index in [1.807, 2.05) is 58.3 Å². The highest BCUT2D eigenvalue weighted by Gasteiger charge is 2.28. The van der Waals surface area contributed by atoms with Gasteiger partial charge in [0.25, 0.3) is 5.91 Å². The second-order valence-electron chi connectivity index (χ2n) is 7.68. The second-order valence-corrected chi connectivity index (χ2v) is 8.46. The first-order valence-electron chi connectivity index (χ1n) is 10.4. The summed E-state index contributed by atoms with van der Waals surface area (Å²) in [5, 5.41) is 3.87. The minimum absolute atomic E-state index is 0.127. The zero-order chi connectivity index (χ0) is 21.0. The molecule has 0 saturated carbocycles. The lowest BCUT2D eigenvalue weighted by Crippen LogP contribution is -2.38. The van der Waals surface area contributed by atoms with E-state index >= 15 is 0 Å². The van der Waals surface area contributed by atoms with Gasteiger partial charge in [-0.3, -0.25) is 9.78 Å². The number of aromatic nitrogens is 3. The maximum absolute atomic E-state index is 12.7. The minimum Gasteiger partial charge on any atom is -0.339 e. The molecule has 0 unspecified atom stereocenters. The first-order chi connectivity index (χ1) is 15.3. The number of pyridine rings is 1. The van der Waals surface area contributed by atoms with E-state index in [9.17, 15) is 4.79 Å². The Kier molecular flexibility index (Phi) is 5.54. The summed E-state index contributed by atoms with van der Waals surface area (Å²) < 4.78 is 0. The highest BCUT2D eigenvalue weighted by Crippen LogP contribution is 2.35. The van der Waals surface area contributed by atoms with Crippen LogP contribution in [0.5, 0.6) is 0 Å². The van der Waals surface area contributed by atoms with Crippen LogP contribution in [0.3, 0.4) is 0 Å². The number of piperidine rings is 1. The molecular formula is C25H22N4OS. The summed E-state index contributed by atoms with van der Waals surface area (Å²) in [6.07, 6.45) is 7.26. The van der Waals surface area contributed by atoms with Crippen LogP contribution in [0.4, 0.5) is 0 Å². The van der Waals surface area contributed by atoms with E-state index in [0.717, 1.165) is 53.9 Å². The number of amides is 1. The van der Waals surface area contributed by atoms with E-state index in [2.05, 4.69) is 22.1 Å². The van der Waals surface area contributed by atoms with Crippen LogP contribution in [0, 0.1) is 0 Å². The van der Waals surface area contributed by atoms with E-state index in [0.29, 0.717) is 5.82 Å². The smallest absolute Gasteiger partial charge is 0.254 e.